The van der Waals surface area contributed by atoms with Crippen LogP contribution in [-0.4, -0.2) is 55.5 Å². The van der Waals surface area contributed by atoms with Crippen LogP contribution in [0, 0.1) is 5.41 Å². The number of nitrogens with two attached hydrogens (primary N) is 2. The maximum atomic E-state index is 13.8. The zero-order valence-corrected chi connectivity index (χ0v) is 21.4. The lowest BCUT2D eigenvalue weighted by atomic mass is 10.1. The number of likely N-dealkylation sites (tertiary alicyclic amines) is 1. The second-order valence-electron chi connectivity index (χ2n) is 9.17. The summed E-state index contributed by atoms with van der Waals surface area (Å²) in [5.74, 6) is -1.35. The van der Waals surface area contributed by atoms with Crippen molar-refractivity contribution in [1.29, 1.82) is 5.41 Å². The van der Waals surface area contributed by atoms with Crippen LogP contribution in [0.5, 0.6) is 0 Å². The third-order valence-corrected chi connectivity index (χ3v) is 8.58. The Labute approximate surface area is 216 Å². The number of amides is 2. The van der Waals surface area contributed by atoms with Crippen molar-refractivity contribution in [3.05, 3.63) is 72.3 Å². The molecule has 3 aromatic rings. The summed E-state index contributed by atoms with van der Waals surface area (Å²) in [5, 5.41) is 6.85. The molecule has 1 aliphatic heterocycles. The summed E-state index contributed by atoms with van der Waals surface area (Å²) in [4.78, 5) is 30.0. The van der Waals surface area contributed by atoms with Crippen LogP contribution in [0.3, 0.4) is 0 Å². The van der Waals surface area contributed by atoms with Gasteiger partial charge >= 0.3 is 0 Å². The van der Waals surface area contributed by atoms with Crippen LogP contribution in [0.4, 0.5) is 5.69 Å². The number of sulfone groups is 1. The number of hydrogen-bond acceptors (Lipinski definition) is 6. The monoisotopic (exact) mass is 521 g/mol. The van der Waals surface area contributed by atoms with Crippen molar-refractivity contribution in [1.82, 2.24) is 4.90 Å². The Morgan fingerprint density at radius 3 is 2.22 bits per heavy atom. The molecule has 1 saturated heterocycles. The van der Waals surface area contributed by atoms with Crippen molar-refractivity contribution in [3.8, 4) is 0 Å². The average Bonchev–Trinajstić information content (AvgIpc) is 2.92. The Kier molecular flexibility index (Phi) is 7.60. The van der Waals surface area contributed by atoms with E-state index < -0.39 is 27.2 Å². The molecule has 0 aliphatic carbocycles. The van der Waals surface area contributed by atoms with E-state index in [0.717, 1.165) is 24.2 Å². The van der Waals surface area contributed by atoms with Crippen molar-refractivity contribution < 1.29 is 18.0 Å². The van der Waals surface area contributed by atoms with E-state index in [1.54, 1.807) is 60.4 Å². The molecule has 2 atom stereocenters. The van der Waals surface area contributed by atoms with Gasteiger partial charge in [-0.25, -0.2) is 8.42 Å². The van der Waals surface area contributed by atoms with E-state index in [1.807, 2.05) is 0 Å². The first-order valence-electron chi connectivity index (χ1n) is 12.2. The molecule has 1 aliphatic rings. The lowest BCUT2D eigenvalue weighted by molar-refractivity contribution is -0.135. The third kappa shape index (κ3) is 5.21. The van der Waals surface area contributed by atoms with Crippen LogP contribution in [0.15, 0.2) is 71.6 Å². The van der Waals surface area contributed by atoms with Crippen LogP contribution in [0.25, 0.3) is 10.8 Å². The highest BCUT2D eigenvalue weighted by atomic mass is 32.2. The second kappa shape index (κ2) is 10.7. The Bertz CT molecular complexity index is 1430. The van der Waals surface area contributed by atoms with Crippen molar-refractivity contribution >= 4 is 43.9 Å². The van der Waals surface area contributed by atoms with Crippen LogP contribution >= 0.6 is 0 Å². The highest BCUT2D eigenvalue weighted by Crippen LogP contribution is 2.28. The summed E-state index contributed by atoms with van der Waals surface area (Å²) in [6, 6.07) is 16.9. The summed E-state index contributed by atoms with van der Waals surface area (Å²) in [5.41, 5.74) is 12.5. The van der Waals surface area contributed by atoms with E-state index in [0.29, 0.717) is 29.4 Å². The molecular formula is C27H31N5O4S. The number of benzene rings is 3. The molecule has 1 unspecified atom stereocenters. The predicted octanol–water partition coefficient (Wildman–Crippen LogP) is 2.62. The summed E-state index contributed by atoms with van der Waals surface area (Å²) in [6.45, 7) is 2.73. The Morgan fingerprint density at radius 1 is 0.946 bits per heavy atom. The van der Waals surface area contributed by atoms with Crippen molar-refractivity contribution in [2.24, 2.45) is 11.5 Å². The van der Waals surface area contributed by atoms with Crippen LogP contribution < -0.4 is 16.4 Å². The standard InChI is InChI=1S/C27H31N5O4S/c1-18(26(33)31-16-5-2-6-17-31)32(21-14-12-20(13-15-21)24(28)29)27(34)25(30)37(35,36)23-11-7-9-19-8-3-4-10-22(19)23/h3-4,7-15,18,25H,2,5-6,16-17,30H2,1H3,(H3,28,29)/t18-,25?/m0/s1. The Balaban J connectivity index is 1.74. The zero-order chi connectivity index (χ0) is 26.7. The Morgan fingerprint density at radius 2 is 1.57 bits per heavy atom. The van der Waals surface area contributed by atoms with Gasteiger partial charge in [-0.1, -0.05) is 36.4 Å². The molecule has 0 aromatic heterocycles. The fraction of sp³-hybridized carbons (Fsp3) is 0.296. The molecule has 9 nitrogen and oxygen atoms in total. The molecule has 0 saturated carbocycles. The van der Waals surface area contributed by atoms with Gasteiger partial charge < -0.3 is 16.4 Å². The topological polar surface area (TPSA) is 151 Å². The summed E-state index contributed by atoms with van der Waals surface area (Å²) >= 11 is 0. The van der Waals surface area contributed by atoms with E-state index in [4.69, 9.17) is 16.9 Å². The number of amidine groups is 1. The minimum Gasteiger partial charge on any atom is -0.384 e. The normalized spacial score (nSPS) is 15.7. The fourth-order valence-corrected chi connectivity index (χ4v) is 6.10. The number of anilines is 1. The number of rotatable bonds is 7. The van der Waals surface area contributed by atoms with Gasteiger partial charge in [-0.15, -0.1) is 0 Å². The molecule has 2 amide bonds. The van der Waals surface area contributed by atoms with Crippen LogP contribution in [-0.2, 0) is 19.4 Å². The first-order valence-corrected chi connectivity index (χ1v) is 13.7. The molecule has 4 rings (SSSR count). The highest BCUT2D eigenvalue weighted by Gasteiger charge is 2.39. The van der Waals surface area contributed by atoms with Gasteiger partial charge in [-0.05, 0) is 61.9 Å². The molecule has 1 heterocycles. The quantitative estimate of drug-likeness (QED) is 0.321. The molecular weight excluding hydrogens is 490 g/mol. The van der Waals surface area contributed by atoms with E-state index in [1.165, 1.54) is 18.2 Å². The highest BCUT2D eigenvalue weighted by molar-refractivity contribution is 7.93. The molecule has 10 heteroatoms. The van der Waals surface area contributed by atoms with Gasteiger partial charge in [0.2, 0.25) is 15.7 Å². The van der Waals surface area contributed by atoms with Crippen LogP contribution in [0.2, 0.25) is 0 Å². The number of fused-ring (bicyclic) bond motifs is 1. The molecule has 0 bridgehead atoms. The number of carbonyl (C=O) groups is 2. The van der Waals surface area contributed by atoms with E-state index in [9.17, 15) is 18.0 Å². The van der Waals surface area contributed by atoms with E-state index in [-0.39, 0.29) is 22.3 Å². The van der Waals surface area contributed by atoms with Gasteiger partial charge in [0, 0.05) is 29.7 Å². The number of piperidine rings is 1. The molecule has 1 fully saturated rings. The largest absolute Gasteiger partial charge is 0.384 e. The molecule has 0 spiro atoms. The number of nitrogens with one attached hydrogen (secondary N) is 1. The summed E-state index contributed by atoms with van der Waals surface area (Å²) < 4.78 is 27.3. The molecule has 194 valence electrons. The fourth-order valence-electron chi connectivity index (χ4n) is 4.68. The van der Waals surface area contributed by atoms with Gasteiger partial charge in [0.1, 0.15) is 11.9 Å². The van der Waals surface area contributed by atoms with Gasteiger partial charge in [0.25, 0.3) is 5.91 Å². The number of nitrogens with zero attached hydrogens (tertiary/aromatic N) is 2. The van der Waals surface area contributed by atoms with Crippen molar-refractivity contribution in [2.75, 3.05) is 18.0 Å². The second-order valence-corrected chi connectivity index (χ2v) is 11.2. The molecule has 37 heavy (non-hydrogen) atoms. The maximum Gasteiger partial charge on any atom is 0.260 e. The summed E-state index contributed by atoms with van der Waals surface area (Å²) in [6.07, 6.45) is 2.77. The van der Waals surface area contributed by atoms with E-state index >= 15 is 0 Å². The van der Waals surface area contributed by atoms with E-state index in [2.05, 4.69) is 0 Å². The van der Waals surface area contributed by atoms with Gasteiger partial charge in [-0.3, -0.25) is 19.9 Å². The number of nitrogen functional groups attached to an aromatic ring is 1. The number of carbonyl (C=O) groups excluding carboxylic acids is 2. The van der Waals surface area contributed by atoms with Crippen molar-refractivity contribution in [3.63, 3.8) is 0 Å². The molecule has 0 radical (unpaired) electrons. The SMILES string of the molecule is C[C@@H](C(=O)N1CCCCC1)N(C(=O)C(N)S(=O)(=O)c1cccc2ccccc12)c1ccc(C(=N)N)cc1. The molecule has 5 N–H and O–H groups in total. The predicted molar refractivity (Wildman–Crippen MR) is 144 cm³/mol. The molecule has 3 aromatic carbocycles. The first-order chi connectivity index (χ1) is 17.6. The smallest absolute Gasteiger partial charge is 0.260 e. The van der Waals surface area contributed by atoms with Gasteiger partial charge in [0.15, 0.2) is 5.37 Å². The Hall–Kier alpha value is -3.76. The summed E-state index contributed by atoms with van der Waals surface area (Å²) in [7, 11) is -4.32. The van der Waals surface area contributed by atoms with Gasteiger partial charge in [-0.2, -0.15) is 0 Å². The average molecular weight is 522 g/mol. The van der Waals surface area contributed by atoms with Crippen LogP contribution in [0.1, 0.15) is 31.7 Å². The minimum atomic E-state index is -4.32. The lowest BCUT2D eigenvalue weighted by Crippen LogP contribution is -2.56. The third-order valence-electron chi connectivity index (χ3n) is 6.74. The van der Waals surface area contributed by atoms with Gasteiger partial charge in [0.05, 0.1) is 4.90 Å². The van der Waals surface area contributed by atoms with Crippen molar-refractivity contribution in [2.45, 2.75) is 42.5 Å². The number of hydrogen-bond donors (Lipinski definition) is 3. The zero-order valence-electron chi connectivity index (χ0n) is 20.6. The maximum absolute atomic E-state index is 13.8. The first kappa shape index (κ1) is 26.3. The lowest BCUT2D eigenvalue weighted by Gasteiger charge is -2.35. The minimum absolute atomic E-state index is 0.0478.